The Bertz CT molecular complexity index is 430. The maximum absolute atomic E-state index is 4.71. The third kappa shape index (κ3) is 3.25. The molecule has 1 aliphatic heterocycles. The van der Waals surface area contributed by atoms with Gasteiger partial charge in [-0.15, -0.1) is 0 Å². The molecule has 0 bridgehead atoms. The van der Waals surface area contributed by atoms with E-state index in [2.05, 4.69) is 55.2 Å². The number of aryl methyl sites for hydroxylation is 1. The van der Waals surface area contributed by atoms with Crippen LogP contribution in [0.2, 0.25) is 0 Å². The molecule has 2 atom stereocenters. The Morgan fingerprint density at radius 3 is 2.68 bits per heavy atom. The van der Waals surface area contributed by atoms with Crippen molar-refractivity contribution in [2.45, 2.75) is 26.4 Å². The van der Waals surface area contributed by atoms with Gasteiger partial charge in [0.15, 0.2) is 0 Å². The van der Waals surface area contributed by atoms with E-state index in [-0.39, 0.29) is 0 Å². The van der Waals surface area contributed by atoms with E-state index in [0.29, 0.717) is 12.0 Å². The van der Waals surface area contributed by atoms with Crippen LogP contribution in [0.3, 0.4) is 0 Å². The third-order valence-electron chi connectivity index (χ3n) is 3.94. The van der Waals surface area contributed by atoms with Crippen molar-refractivity contribution in [3.63, 3.8) is 0 Å². The summed E-state index contributed by atoms with van der Waals surface area (Å²) in [6.07, 6.45) is 0. The van der Waals surface area contributed by atoms with Crippen molar-refractivity contribution in [1.29, 1.82) is 0 Å². The highest BCUT2D eigenvalue weighted by molar-refractivity contribution is 5.44. The molecule has 1 aromatic heterocycles. The molecule has 0 aliphatic carbocycles. The molecule has 2 unspecified atom stereocenters. The van der Waals surface area contributed by atoms with E-state index in [1.165, 1.54) is 5.56 Å². The van der Waals surface area contributed by atoms with Crippen molar-refractivity contribution < 1.29 is 0 Å². The van der Waals surface area contributed by atoms with Gasteiger partial charge in [0.25, 0.3) is 0 Å². The Kier molecular flexibility index (Phi) is 4.42. The Morgan fingerprint density at radius 1 is 1.37 bits per heavy atom. The van der Waals surface area contributed by atoms with Crippen LogP contribution in [-0.4, -0.2) is 50.2 Å². The lowest BCUT2D eigenvalue weighted by Gasteiger charge is -2.23. The number of rotatable bonds is 4. The van der Waals surface area contributed by atoms with E-state index >= 15 is 0 Å². The molecule has 4 nitrogen and oxygen atoms in total. The minimum absolute atomic E-state index is 0.620. The molecule has 0 saturated carbocycles. The summed E-state index contributed by atoms with van der Waals surface area (Å²) in [5.74, 6) is 1.81. The minimum Gasteiger partial charge on any atom is -0.355 e. The first kappa shape index (κ1) is 14.3. The molecular formula is C15H26N4. The molecule has 1 aromatic rings. The average Bonchev–Trinajstić information content (AvgIpc) is 2.71. The molecule has 106 valence electrons. The second kappa shape index (κ2) is 5.88. The quantitative estimate of drug-likeness (QED) is 0.891. The van der Waals surface area contributed by atoms with Gasteiger partial charge in [-0.05, 0) is 51.7 Å². The number of pyridine rings is 1. The lowest BCUT2D eigenvalue weighted by molar-refractivity contribution is 0.266. The van der Waals surface area contributed by atoms with Crippen LogP contribution in [0.25, 0.3) is 0 Å². The van der Waals surface area contributed by atoms with Gasteiger partial charge in [0, 0.05) is 31.4 Å². The summed E-state index contributed by atoms with van der Waals surface area (Å²) in [6, 6.07) is 4.99. The molecule has 1 N–H and O–H groups in total. The van der Waals surface area contributed by atoms with Crippen molar-refractivity contribution in [2.24, 2.45) is 5.92 Å². The molecule has 0 radical (unpaired) electrons. The topological polar surface area (TPSA) is 31.4 Å². The minimum atomic E-state index is 0.620. The second-order valence-electron chi connectivity index (χ2n) is 5.92. The second-order valence-corrected chi connectivity index (χ2v) is 5.92. The number of aromatic nitrogens is 1. The summed E-state index contributed by atoms with van der Waals surface area (Å²) in [6.45, 7) is 7.47. The highest BCUT2D eigenvalue weighted by Gasteiger charge is 2.31. The molecule has 1 aliphatic rings. The largest absolute Gasteiger partial charge is 0.355 e. The number of hydrogen-bond donors (Lipinski definition) is 1. The summed E-state index contributed by atoms with van der Waals surface area (Å²) in [5.41, 5.74) is 2.41. The van der Waals surface area contributed by atoms with Crippen LogP contribution in [0.1, 0.15) is 18.2 Å². The fourth-order valence-corrected chi connectivity index (χ4v) is 3.00. The van der Waals surface area contributed by atoms with Gasteiger partial charge in [0.1, 0.15) is 5.82 Å². The van der Waals surface area contributed by atoms with Gasteiger partial charge in [-0.3, -0.25) is 0 Å². The van der Waals surface area contributed by atoms with Crippen LogP contribution in [0.4, 0.5) is 5.82 Å². The van der Waals surface area contributed by atoms with Gasteiger partial charge in [-0.2, -0.15) is 0 Å². The molecule has 0 spiro atoms. The fraction of sp³-hybridized carbons (Fsp3) is 0.667. The Hall–Kier alpha value is -1.13. The number of nitrogens with one attached hydrogen (secondary N) is 1. The molecular weight excluding hydrogens is 236 g/mol. The summed E-state index contributed by atoms with van der Waals surface area (Å²) < 4.78 is 0. The highest BCUT2D eigenvalue weighted by Crippen LogP contribution is 2.25. The monoisotopic (exact) mass is 262 g/mol. The van der Waals surface area contributed by atoms with Crippen LogP contribution in [0.5, 0.6) is 0 Å². The van der Waals surface area contributed by atoms with Gasteiger partial charge < -0.3 is 15.1 Å². The number of anilines is 1. The first-order chi connectivity index (χ1) is 9.01. The molecule has 19 heavy (non-hydrogen) atoms. The van der Waals surface area contributed by atoms with Gasteiger partial charge >= 0.3 is 0 Å². The number of nitrogens with zero attached hydrogens (tertiary/aromatic N) is 3. The van der Waals surface area contributed by atoms with E-state index in [1.54, 1.807) is 0 Å². The standard InChI is InChI=1S/C15H26N4/c1-11-9-19(10-14(11)18(4)5)15-7-13(8-16-3)6-12(2)17-15/h6-7,11,14,16H,8-10H2,1-5H3. The number of hydrogen-bond acceptors (Lipinski definition) is 4. The van der Waals surface area contributed by atoms with Crippen molar-refractivity contribution in [3.8, 4) is 0 Å². The number of likely N-dealkylation sites (N-methyl/N-ethyl adjacent to an activating group) is 1. The molecule has 1 saturated heterocycles. The van der Waals surface area contributed by atoms with Gasteiger partial charge in [-0.1, -0.05) is 6.92 Å². The van der Waals surface area contributed by atoms with Crippen molar-refractivity contribution >= 4 is 5.82 Å². The Morgan fingerprint density at radius 2 is 2.11 bits per heavy atom. The van der Waals surface area contributed by atoms with Crippen molar-refractivity contribution in [2.75, 3.05) is 39.1 Å². The van der Waals surface area contributed by atoms with E-state index in [0.717, 1.165) is 31.1 Å². The molecule has 0 amide bonds. The first-order valence-electron chi connectivity index (χ1n) is 7.04. The fourth-order valence-electron chi connectivity index (χ4n) is 3.00. The zero-order valence-electron chi connectivity index (χ0n) is 12.8. The normalized spacial score (nSPS) is 23.4. The van der Waals surface area contributed by atoms with Crippen LogP contribution >= 0.6 is 0 Å². The van der Waals surface area contributed by atoms with Crippen molar-refractivity contribution in [1.82, 2.24) is 15.2 Å². The predicted molar refractivity (Wildman–Crippen MR) is 80.6 cm³/mol. The van der Waals surface area contributed by atoms with E-state index in [9.17, 15) is 0 Å². The van der Waals surface area contributed by atoms with Crippen LogP contribution in [0, 0.1) is 12.8 Å². The van der Waals surface area contributed by atoms with Crippen molar-refractivity contribution in [3.05, 3.63) is 23.4 Å². The highest BCUT2D eigenvalue weighted by atomic mass is 15.3. The zero-order chi connectivity index (χ0) is 14.0. The van der Waals surface area contributed by atoms with Crippen LogP contribution in [0.15, 0.2) is 12.1 Å². The Labute approximate surface area is 116 Å². The van der Waals surface area contributed by atoms with E-state index in [4.69, 9.17) is 4.98 Å². The summed E-state index contributed by atoms with van der Waals surface area (Å²) in [7, 11) is 6.32. The SMILES string of the molecule is CNCc1cc(C)nc(N2CC(C)C(N(C)C)C2)c1. The van der Waals surface area contributed by atoms with E-state index < -0.39 is 0 Å². The van der Waals surface area contributed by atoms with Crippen LogP contribution in [-0.2, 0) is 6.54 Å². The summed E-state index contributed by atoms with van der Waals surface area (Å²) in [5, 5.41) is 3.21. The molecule has 0 aromatic carbocycles. The Balaban J connectivity index is 2.18. The average molecular weight is 262 g/mol. The summed E-state index contributed by atoms with van der Waals surface area (Å²) in [4.78, 5) is 9.45. The smallest absolute Gasteiger partial charge is 0.129 e. The van der Waals surface area contributed by atoms with Gasteiger partial charge in [0.2, 0.25) is 0 Å². The van der Waals surface area contributed by atoms with Gasteiger partial charge in [-0.25, -0.2) is 4.98 Å². The zero-order valence-corrected chi connectivity index (χ0v) is 12.8. The van der Waals surface area contributed by atoms with Crippen LogP contribution < -0.4 is 10.2 Å². The lowest BCUT2D eigenvalue weighted by Crippen LogP contribution is -2.34. The van der Waals surface area contributed by atoms with E-state index in [1.807, 2.05) is 7.05 Å². The predicted octanol–water partition coefficient (Wildman–Crippen LogP) is 1.50. The molecule has 1 fully saturated rings. The maximum Gasteiger partial charge on any atom is 0.129 e. The lowest BCUT2D eigenvalue weighted by atomic mass is 10.1. The molecule has 4 heteroatoms. The molecule has 2 heterocycles. The third-order valence-corrected chi connectivity index (χ3v) is 3.94. The molecule has 2 rings (SSSR count). The van der Waals surface area contributed by atoms with Gasteiger partial charge in [0.05, 0.1) is 0 Å². The maximum atomic E-state index is 4.71. The summed E-state index contributed by atoms with van der Waals surface area (Å²) >= 11 is 0. The first-order valence-corrected chi connectivity index (χ1v) is 7.04.